The number of benzene rings is 2. The van der Waals surface area contributed by atoms with Crippen molar-refractivity contribution in [2.24, 2.45) is 0 Å². The summed E-state index contributed by atoms with van der Waals surface area (Å²) in [6.07, 6.45) is 1.58. The van der Waals surface area contributed by atoms with Crippen LogP contribution in [0.1, 0.15) is 21.5 Å². The molecule has 2 aromatic rings. The Balaban J connectivity index is 1.90. The molecule has 152 valence electrons. The minimum Gasteiger partial charge on any atom is -0.334 e. The number of sulfonamides is 1. The molecule has 1 aliphatic rings. The highest BCUT2D eigenvalue weighted by atomic mass is 32.2. The summed E-state index contributed by atoms with van der Waals surface area (Å²) in [5, 5.41) is 2.65. The average molecular weight is 413 g/mol. The molecular weight excluding hydrogens is 390 g/mol. The highest BCUT2D eigenvalue weighted by Gasteiger charge is 2.29. The summed E-state index contributed by atoms with van der Waals surface area (Å²) >= 11 is 0. The lowest BCUT2D eigenvalue weighted by Crippen LogP contribution is -2.37. The molecule has 0 bridgehead atoms. The highest BCUT2D eigenvalue weighted by Crippen LogP contribution is 2.29. The third-order valence-electron chi connectivity index (χ3n) is 4.87. The number of para-hydroxylation sites is 1. The topological polar surface area (TPSA) is 86.8 Å². The zero-order valence-corrected chi connectivity index (χ0v) is 17.2. The van der Waals surface area contributed by atoms with E-state index >= 15 is 0 Å². The summed E-state index contributed by atoms with van der Waals surface area (Å²) in [5.41, 5.74) is 2.35. The van der Waals surface area contributed by atoms with Gasteiger partial charge >= 0.3 is 0 Å². The van der Waals surface area contributed by atoms with Crippen LogP contribution in [0.3, 0.4) is 0 Å². The van der Waals surface area contributed by atoms with E-state index in [1.165, 1.54) is 18.4 Å². The number of anilines is 1. The fourth-order valence-corrected chi connectivity index (χ4v) is 4.51. The number of hydrogen-bond donors (Lipinski definition) is 1. The van der Waals surface area contributed by atoms with Crippen LogP contribution >= 0.6 is 0 Å². The van der Waals surface area contributed by atoms with Gasteiger partial charge < -0.3 is 10.2 Å². The molecule has 0 spiro atoms. The van der Waals surface area contributed by atoms with Crippen LogP contribution in [0.2, 0.25) is 0 Å². The first-order valence-corrected chi connectivity index (χ1v) is 10.5. The van der Waals surface area contributed by atoms with E-state index in [4.69, 9.17) is 0 Å². The van der Waals surface area contributed by atoms with Crippen molar-refractivity contribution in [1.29, 1.82) is 0 Å². The molecule has 8 heteroatoms. The van der Waals surface area contributed by atoms with Crippen LogP contribution in [0.25, 0.3) is 0 Å². The van der Waals surface area contributed by atoms with E-state index in [1.54, 1.807) is 41.3 Å². The summed E-state index contributed by atoms with van der Waals surface area (Å²) < 4.78 is 26.4. The van der Waals surface area contributed by atoms with Crippen LogP contribution in [-0.2, 0) is 27.8 Å². The van der Waals surface area contributed by atoms with Crippen molar-refractivity contribution in [2.75, 3.05) is 26.0 Å². The van der Waals surface area contributed by atoms with E-state index in [0.29, 0.717) is 30.8 Å². The first-order valence-electron chi connectivity index (χ1n) is 9.10. The molecule has 1 N–H and O–H groups in total. The number of fused-ring (bicyclic) bond motifs is 1. The molecule has 7 nitrogen and oxygen atoms in total. The minimum absolute atomic E-state index is 0.225. The Morgan fingerprint density at radius 3 is 2.55 bits per heavy atom. The molecule has 0 saturated carbocycles. The fourth-order valence-electron chi connectivity index (χ4n) is 3.32. The smallest absolute Gasteiger partial charge is 0.256 e. The summed E-state index contributed by atoms with van der Waals surface area (Å²) in [7, 11) is -0.555. The van der Waals surface area contributed by atoms with Crippen molar-refractivity contribution in [3.8, 4) is 0 Å². The Labute approximate surface area is 170 Å². The normalized spacial score (nSPS) is 13.7. The maximum atomic E-state index is 13.1. The van der Waals surface area contributed by atoms with Gasteiger partial charge in [0.1, 0.15) is 0 Å². The van der Waals surface area contributed by atoms with E-state index < -0.39 is 15.9 Å². The summed E-state index contributed by atoms with van der Waals surface area (Å²) in [4.78, 5) is 26.7. The predicted molar refractivity (Wildman–Crippen MR) is 111 cm³/mol. The molecule has 0 aliphatic carbocycles. The first kappa shape index (κ1) is 20.8. The Morgan fingerprint density at radius 2 is 1.86 bits per heavy atom. The molecule has 29 heavy (non-hydrogen) atoms. The number of carbonyl (C=O) groups excluding carboxylic acids is 2. The summed E-state index contributed by atoms with van der Waals surface area (Å²) in [6, 6.07) is 11.9. The molecular formula is C21H23N3O4S. The number of hydrogen-bond acceptors (Lipinski definition) is 4. The van der Waals surface area contributed by atoms with Gasteiger partial charge in [-0.3, -0.25) is 9.59 Å². The first-order chi connectivity index (χ1) is 13.8. The Hall–Kier alpha value is -2.97. The third-order valence-corrected chi connectivity index (χ3v) is 6.77. The second-order valence-corrected chi connectivity index (χ2v) is 9.02. The zero-order chi connectivity index (χ0) is 21.2. The van der Waals surface area contributed by atoms with Crippen molar-refractivity contribution in [2.45, 2.75) is 17.9 Å². The summed E-state index contributed by atoms with van der Waals surface area (Å²) in [6.45, 7) is 4.11. The molecule has 2 aromatic carbocycles. The second-order valence-electron chi connectivity index (χ2n) is 6.90. The van der Waals surface area contributed by atoms with Gasteiger partial charge in [-0.2, -0.15) is 0 Å². The van der Waals surface area contributed by atoms with Gasteiger partial charge in [-0.05, 0) is 41.8 Å². The van der Waals surface area contributed by atoms with E-state index in [-0.39, 0.29) is 10.8 Å². The number of amides is 2. The van der Waals surface area contributed by atoms with E-state index in [1.807, 2.05) is 6.07 Å². The predicted octanol–water partition coefficient (Wildman–Crippen LogP) is 2.26. The van der Waals surface area contributed by atoms with Gasteiger partial charge in [0.15, 0.2) is 0 Å². The van der Waals surface area contributed by atoms with Gasteiger partial charge in [0.05, 0.1) is 16.1 Å². The lowest BCUT2D eigenvalue weighted by atomic mass is 9.99. The molecule has 1 aliphatic heterocycles. The number of carbonyl (C=O) groups is 2. The van der Waals surface area contributed by atoms with Crippen molar-refractivity contribution < 1.29 is 18.0 Å². The average Bonchev–Trinajstić information content (AvgIpc) is 2.72. The van der Waals surface area contributed by atoms with Crippen LogP contribution in [0.4, 0.5) is 5.69 Å². The van der Waals surface area contributed by atoms with E-state index in [9.17, 15) is 18.0 Å². The monoisotopic (exact) mass is 413 g/mol. The molecule has 0 atom stereocenters. The molecule has 2 amide bonds. The van der Waals surface area contributed by atoms with Gasteiger partial charge in [-0.1, -0.05) is 30.8 Å². The maximum Gasteiger partial charge on any atom is 0.256 e. The van der Waals surface area contributed by atoms with Crippen LogP contribution in [0.15, 0.2) is 60.0 Å². The van der Waals surface area contributed by atoms with Gasteiger partial charge in [0.2, 0.25) is 15.9 Å². The maximum absolute atomic E-state index is 13.1. The van der Waals surface area contributed by atoms with Crippen molar-refractivity contribution >= 4 is 27.5 Å². The molecule has 0 saturated heterocycles. The summed E-state index contributed by atoms with van der Waals surface area (Å²) in [5.74, 6) is -0.621. The molecule has 0 aromatic heterocycles. The molecule has 0 radical (unpaired) electrons. The largest absolute Gasteiger partial charge is 0.334 e. The molecule has 1 heterocycles. The van der Waals surface area contributed by atoms with Crippen LogP contribution in [-0.4, -0.2) is 50.1 Å². The van der Waals surface area contributed by atoms with Crippen LogP contribution in [0, 0.1) is 0 Å². The third kappa shape index (κ3) is 4.08. The Bertz CT molecular complexity index is 1080. The van der Waals surface area contributed by atoms with E-state index in [2.05, 4.69) is 11.9 Å². The van der Waals surface area contributed by atoms with Gasteiger partial charge in [-0.25, -0.2) is 12.7 Å². The van der Waals surface area contributed by atoms with Crippen molar-refractivity contribution in [1.82, 2.24) is 9.21 Å². The Morgan fingerprint density at radius 1 is 1.14 bits per heavy atom. The SMILES string of the molecule is C=CC(=O)Nc1ccccc1C(=O)N1CCc2c(cccc2S(=O)(=O)N(C)C)C1. The van der Waals surface area contributed by atoms with Crippen LogP contribution < -0.4 is 5.32 Å². The zero-order valence-electron chi connectivity index (χ0n) is 16.4. The Kier molecular flexibility index (Phi) is 5.86. The lowest BCUT2D eigenvalue weighted by Gasteiger charge is -2.31. The van der Waals surface area contributed by atoms with Crippen LogP contribution in [0.5, 0.6) is 0 Å². The van der Waals surface area contributed by atoms with Gasteiger partial charge in [-0.15, -0.1) is 0 Å². The lowest BCUT2D eigenvalue weighted by molar-refractivity contribution is -0.111. The molecule has 3 rings (SSSR count). The second kappa shape index (κ2) is 8.18. The van der Waals surface area contributed by atoms with Gasteiger partial charge in [0, 0.05) is 27.2 Å². The number of rotatable bonds is 5. The van der Waals surface area contributed by atoms with Gasteiger partial charge in [0.25, 0.3) is 5.91 Å². The highest BCUT2D eigenvalue weighted by molar-refractivity contribution is 7.89. The number of nitrogens with one attached hydrogen (secondary N) is 1. The number of nitrogens with zero attached hydrogens (tertiary/aromatic N) is 2. The molecule has 0 unspecified atom stereocenters. The fraction of sp³-hybridized carbons (Fsp3) is 0.238. The molecule has 0 fully saturated rings. The quantitative estimate of drug-likeness (QED) is 0.762. The van der Waals surface area contributed by atoms with Crippen molar-refractivity contribution in [3.63, 3.8) is 0 Å². The van der Waals surface area contributed by atoms with E-state index in [0.717, 1.165) is 17.2 Å². The minimum atomic E-state index is -3.56. The standard InChI is InChI=1S/C21H23N3O4S/c1-4-20(25)22-18-10-6-5-9-17(18)21(26)24-13-12-16-15(14-24)8-7-11-19(16)29(27,28)23(2)3/h4-11H,1,12-14H2,2-3H3,(H,22,25). The van der Waals surface area contributed by atoms with Crippen molar-refractivity contribution in [3.05, 3.63) is 71.8 Å².